The van der Waals surface area contributed by atoms with Crippen LogP contribution in [0, 0.1) is 0 Å². The van der Waals surface area contributed by atoms with Crippen molar-refractivity contribution < 1.29 is 4.79 Å². The normalized spacial score (nSPS) is 17.5. The summed E-state index contributed by atoms with van der Waals surface area (Å²) in [5, 5.41) is -0.284. The van der Waals surface area contributed by atoms with E-state index in [2.05, 4.69) is 6.92 Å². The third-order valence-corrected chi connectivity index (χ3v) is 4.40. The maximum absolute atomic E-state index is 12.1. The van der Waals surface area contributed by atoms with Crippen LogP contribution in [0.2, 0.25) is 0 Å². The smallest absolute Gasteiger partial charge is 0.240 e. The molecule has 0 N–H and O–H groups in total. The molecule has 3 heteroatoms. The van der Waals surface area contributed by atoms with Gasteiger partial charge in [-0.05, 0) is 25.7 Å². The van der Waals surface area contributed by atoms with Crippen molar-refractivity contribution in [2.75, 3.05) is 13.1 Å². The monoisotopic (exact) mass is 287 g/mol. The first-order valence-corrected chi connectivity index (χ1v) is 8.62. The number of hydrogen-bond donors (Lipinski definition) is 0. The number of amides is 1. The van der Waals surface area contributed by atoms with E-state index in [0.29, 0.717) is 0 Å². The third kappa shape index (κ3) is 7.20. The molecule has 1 rings (SSSR count). The molecule has 19 heavy (non-hydrogen) atoms. The molecular formula is C16H30ClNO. The van der Waals surface area contributed by atoms with E-state index in [1.165, 1.54) is 44.9 Å². The minimum absolute atomic E-state index is 0.173. The fourth-order valence-corrected chi connectivity index (χ4v) is 3.01. The minimum atomic E-state index is -0.284. The number of piperidine rings is 1. The van der Waals surface area contributed by atoms with Crippen molar-refractivity contribution in [2.24, 2.45) is 0 Å². The second kappa shape index (κ2) is 10.5. The summed E-state index contributed by atoms with van der Waals surface area (Å²) in [4.78, 5) is 14.1. The van der Waals surface area contributed by atoms with Crippen LogP contribution in [0.25, 0.3) is 0 Å². The van der Waals surface area contributed by atoms with Crippen molar-refractivity contribution in [1.82, 2.24) is 4.90 Å². The molecule has 1 aliphatic heterocycles. The summed E-state index contributed by atoms with van der Waals surface area (Å²) < 4.78 is 0. The Morgan fingerprint density at radius 3 is 2.21 bits per heavy atom. The van der Waals surface area contributed by atoms with Crippen LogP contribution in [0.1, 0.15) is 77.6 Å². The summed E-state index contributed by atoms with van der Waals surface area (Å²) in [7, 11) is 0. The summed E-state index contributed by atoms with van der Waals surface area (Å²) in [6.45, 7) is 4.07. The van der Waals surface area contributed by atoms with Gasteiger partial charge in [0.2, 0.25) is 5.91 Å². The van der Waals surface area contributed by atoms with E-state index >= 15 is 0 Å². The van der Waals surface area contributed by atoms with Gasteiger partial charge >= 0.3 is 0 Å². The fourth-order valence-electron chi connectivity index (χ4n) is 2.72. The molecule has 1 amide bonds. The quantitative estimate of drug-likeness (QED) is 0.443. The average Bonchev–Trinajstić information content (AvgIpc) is 2.46. The highest BCUT2D eigenvalue weighted by Gasteiger charge is 2.22. The third-order valence-electron chi connectivity index (χ3n) is 4.00. The minimum Gasteiger partial charge on any atom is -0.341 e. The zero-order valence-corrected chi connectivity index (χ0v) is 13.3. The fraction of sp³-hybridized carbons (Fsp3) is 0.938. The molecule has 0 aromatic rings. The average molecular weight is 288 g/mol. The Labute approximate surface area is 123 Å². The highest BCUT2D eigenvalue weighted by molar-refractivity contribution is 6.30. The SMILES string of the molecule is CCCCCCCCCC(Cl)C(=O)N1CCCCC1. The molecule has 0 aromatic heterocycles. The second-order valence-electron chi connectivity index (χ2n) is 5.76. The molecule has 0 radical (unpaired) electrons. The van der Waals surface area contributed by atoms with Crippen molar-refractivity contribution in [3.8, 4) is 0 Å². The Balaban J connectivity index is 2.03. The topological polar surface area (TPSA) is 20.3 Å². The van der Waals surface area contributed by atoms with E-state index in [1.807, 2.05) is 4.90 Å². The van der Waals surface area contributed by atoms with E-state index in [-0.39, 0.29) is 11.3 Å². The molecule has 0 bridgehead atoms. The van der Waals surface area contributed by atoms with Gasteiger partial charge in [0, 0.05) is 13.1 Å². The molecule has 1 unspecified atom stereocenters. The van der Waals surface area contributed by atoms with Crippen LogP contribution in [0.4, 0.5) is 0 Å². The van der Waals surface area contributed by atoms with Crippen LogP contribution in [-0.2, 0) is 4.79 Å². The van der Waals surface area contributed by atoms with Crippen molar-refractivity contribution in [1.29, 1.82) is 0 Å². The van der Waals surface area contributed by atoms with Gasteiger partial charge in [-0.25, -0.2) is 0 Å². The van der Waals surface area contributed by atoms with Crippen molar-refractivity contribution in [3.05, 3.63) is 0 Å². The first-order chi connectivity index (χ1) is 9.25. The molecule has 2 nitrogen and oxygen atoms in total. The molecule has 112 valence electrons. The van der Waals surface area contributed by atoms with Crippen LogP contribution < -0.4 is 0 Å². The zero-order chi connectivity index (χ0) is 13.9. The van der Waals surface area contributed by atoms with Crippen LogP contribution in [0.15, 0.2) is 0 Å². The van der Waals surface area contributed by atoms with Gasteiger partial charge in [0.1, 0.15) is 5.38 Å². The van der Waals surface area contributed by atoms with Gasteiger partial charge in [-0.1, -0.05) is 51.9 Å². The number of carbonyl (C=O) groups is 1. The lowest BCUT2D eigenvalue weighted by molar-refractivity contribution is -0.131. The van der Waals surface area contributed by atoms with Crippen molar-refractivity contribution >= 4 is 17.5 Å². The second-order valence-corrected chi connectivity index (χ2v) is 6.29. The van der Waals surface area contributed by atoms with Crippen LogP contribution >= 0.6 is 11.6 Å². The van der Waals surface area contributed by atoms with Gasteiger partial charge in [-0.2, -0.15) is 0 Å². The Morgan fingerprint density at radius 1 is 1.00 bits per heavy atom. The standard InChI is InChI=1S/C16H30ClNO/c1-2-3-4-5-6-7-9-12-15(17)16(19)18-13-10-8-11-14-18/h15H,2-14H2,1H3. The highest BCUT2D eigenvalue weighted by atomic mass is 35.5. The number of carbonyl (C=O) groups excluding carboxylic acids is 1. The molecule has 0 spiro atoms. The van der Waals surface area contributed by atoms with Crippen molar-refractivity contribution in [3.63, 3.8) is 0 Å². The Bertz CT molecular complexity index is 239. The lowest BCUT2D eigenvalue weighted by Crippen LogP contribution is -2.40. The maximum Gasteiger partial charge on any atom is 0.240 e. The highest BCUT2D eigenvalue weighted by Crippen LogP contribution is 2.17. The lowest BCUT2D eigenvalue weighted by atomic mass is 10.1. The molecule has 0 saturated carbocycles. The summed E-state index contributed by atoms with van der Waals surface area (Å²) in [5.74, 6) is 0.173. The number of unbranched alkanes of at least 4 members (excludes halogenated alkanes) is 6. The van der Waals surface area contributed by atoms with E-state index < -0.39 is 0 Å². The van der Waals surface area contributed by atoms with E-state index in [1.54, 1.807) is 0 Å². The first-order valence-electron chi connectivity index (χ1n) is 8.18. The number of rotatable bonds is 9. The molecule has 0 aromatic carbocycles. The predicted molar refractivity (Wildman–Crippen MR) is 82.7 cm³/mol. The summed E-state index contributed by atoms with van der Waals surface area (Å²) >= 11 is 6.24. The molecule has 0 aliphatic carbocycles. The van der Waals surface area contributed by atoms with Gasteiger partial charge in [-0.3, -0.25) is 4.79 Å². The molecule has 1 aliphatic rings. The largest absolute Gasteiger partial charge is 0.341 e. The van der Waals surface area contributed by atoms with Crippen LogP contribution in [0.3, 0.4) is 0 Å². The summed E-state index contributed by atoms with van der Waals surface area (Å²) in [6, 6.07) is 0. The number of nitrogens with zero attached hydrogens (tertiary/aromatic N) is 1. The number of alkyl halides is 1. The van der Waals surface area contributed by atoms with Gasteiger partial charge in [0.25, 0.3) is 0 Å². The Morgan fingerprint density at radius 2 is 1.58 bits per heavy atom. The maximum atomic E-state index is 12.1. The van der Waals surface area contributed by atoms with Gasteiger partial charge in [0.05, 0.1) is 0 Å². The number of hydrogen-bond acceptors (Lipinski definition) is 1. The molecule has 1 heterocycles. The van der Waals surface area contributed by atoms with E-state index in [4.69, 9.17) is 11.6 Å². The molecule has 1 atom stereocenters. The zero-order valence-electron chi connectivity index (χ0n) is 12.5. The predicted octanol–water partition coefficient (Wildman–Crippen LogP) is 4.75. The molecular weight excluding hydrogens is 258 g/mol. The van der Waals surface area contributed by atoms with Crippen molar-refractivity contribution in [2.45, 2.75) is 82.9 Å². The Kier molecular flexibility index (Phi) is 9.32. The lowest BCUT2D eigenvalue weighted by Gasteiger charge is -2.28. The number of likely N-dealkylation sites (tertiary alicyclic amines) is 1. The number of halogens is 1. The van der Waals surface area contributed by atoms with Crippen LogP contribution in [0.5, 0.6) is 0 Å². The van der Waals surface area contributed by atoms with E-state index in [9.17, 15) is 4.79 Å². The van der Waals surface area contributed by atoms with Gasteiger partial charge < -0.3 is 4.90 Å². The van der Waals surface area contributed by atoms with E-state index in [0.717, 1.165) is 38.8 Å². The summed E-state index contributed by atoms with van der Waals surface area (Å²) in [6.07, 6.45) is 13.4. The first kappa shape index (κ1) is 16.8. The van der Waals surface area contributed by atoms with Gasteiger partial charge in [0.15, 0.2) is 0 Å². The molecule has 1 fully saturated rings. The van der Waals surface area contributed by atoms with Crippen LogP contribution in [-0.4, -0.2) is 29.3 Å². The molecule has 1 saturated heterocycles. The van der Waals surface area contributed by atoms with Gasteiger partial charge in [-0.15, -0.1) is 11.6 Å². The Hall–Kier alpha value is -0.240. The summed E-state index contributed by atoms with van der Waals surface area (Å²) in [5.41, 5.74) is 0.